The van der Waals surface area contributed by atoms with E-state index in [0.29, 0.717) is 12.6 Å². The molecule has 0 aliphatic heterocycles. The second kappa shape index (κ2) is 2.25. The predicted molar refractivity (Wildman–Crippen MR) is 36.2 cm³/mol. The molecule has 1 rings (SSSR count). The van der Waals surface area contributed by atoms with Gasteiger partial charge in [0.15, 0.2) is 0 Å². The van der Waals surface area contributed by atoms with Gasteiger partial charge in [-0.1, -0.05) is 0 Å². The molecular formula is C7H14FN. The zero-order valence-corrected chi connectivity index (χ0v) is 6.08. The zero-order valence-electron chi connectivity index (χ0n) is 6.08. The molecule has 1 aliphatic rings. The molecule has 0 aromatic rings. The molecule has 1 aliphatic carbocycles. The third-order valence-corrected chi connectivity index (χ3v) is 1.39. The van der Waals surface area contributed by atoms with Crippen LogP contribution in [0, 0.1) is 0 Å². The lowest BCUT2D eigenvalue weighted by Gasteiger charge is -2.13. The van der Waals surface area contributed by atoms with Crippen molar-refractivity contribution >= 4 is 0 Å². The summed E-state index contributed by atoms with van der Waals surface area (Å²) < 4.78 is 12.7. The van der Waals surface area contributed by atoms with Crippen LogP contribution < -0.4 is 5.32 Å². The van der Waals surface area contributed by atoms with Crippen LogP contribution in [0.4, 0.5) is 4.39 Å². The van der Waals surface area contributed by atoms with E-state index in [4.69, 9.17) is 0 Å². The van der Waals surface area contributed by atoms with Crippen molar-refractivity contribution in [3.63, 3.8) is 0 Å². The van der Waals surface area contributed by atoms with E-state index in [1.807, 2.05) is 0 Å². The van der Waals surface area contributed by atoms with Crippen molar-refractivity contribution in [2.75, 3.05) is 6.54 Å². The third-order valence-electron chi connectivity index (χ3n) is 1.39. The molecule has 0 amide bonds. The Morgan fingerprint density at radius 3 is 2.44 bits per heavy atom. The molecule has 0 saturated heterocycles. The molecule has 0 aromatic carbocycles. The van der Waals surface area contributed by atoms with Crippen LogP contribution in [0.5, 0.6) is 0 Å². The molecule has 0 heterocycles. The minimum absolute atomic E-state index is 0.498. The molecule has 9 heavy (non-hydrogen) atoms. The molecule has 0 unspecified atom stereocenters. The fourth-order valence-electron chi connectivity index (χ4n) is 0.674. The van der Waals surface area contributed by atoms with Crippen LogP contribution in [-0.2, 0) is 0 Å². The van der Waals surface area contributed by atoms with Gasteiger partial charge in [-0.05, 0) is 26.7 Å². The summed E-state index contributed by atoms with van der Waals surface area (Å²) >= 11 is 0. The van der Waals surface area contributed by atoms with E-state index in [1.54, 1.807) is 13.8 Å². The van der Waals surface area contributed by atoms with Crippen molar-refractivity contribution in [2.24, 2.45) is 0 Å². The van der Waals surface area contributed by atoms with Crippen LogP contribution >= 0.6 is 0 Å². The first-order valence-electron chi connectivity index (χ1n) is 3.50. The number of nitrogens with one attached hydrogen (secondary N) is 1. The Morgan fingerprint density at radius 2 is 2.11 bits per heavy atom. The fraction of sp³-hybridized carbons (Fsp3) is 1.00. The summed E-state index contributed by atoms with van der Waals surface area (Å²) in [5.74, 6) is 0. The van der Waals surface area contributed by atoms with Gasteiger partial charge in [0.25, 0.3) is 0 Å². The second-order valence-electron chi connectivity index (χ2n) is 3.37. The van der Waals surface area contributed by atoms with Gasteiger partial charge >= 0.3 is 0 Å². The topological polar surface area (TPSA) is 12.0 Å². The van der Waals surface area contributed by atoms with E-state index < -0.39 is 5.67 Å². The van der Waals surface area contributed by atoms with Gasteiger partial charge in [0.1, 0.15) is 5.67 Å². The van der Waals surface area contributed by atoms with Crippen molar-refractivity contribution in [2.45, 2.75) is 38.4 Å². The van der Waals surface area contributed by atoms with E-state index in [1.165, 1.54) is 12.8 Å². The molecular weight excluding hydrogens is 117 g/mol. The van der Waals surface area contributed by atoms with Crippen molar-refractivity contribution in [3.8, 4) is 0 Å². The van der Waals surface area contributed by atoms with E-state index in [2.05, 4.69) is 5.32 Å². The van der Waals surface area contributed by atoms with Crippen molar-refractivity contribution in [3.05, 3.63) is 0 Å². The summed E-state index contributed by atoms with van der Waals surface area (Å²) in [6.07, 6.45) is 2.46. The summed E-state index contributed by atoms with van der Waals surface area (Å²) in [4.78, 5) is 0. The summed E-state index contributed by atoms with van der Waals surface area (Å²) in [7, 11) is 0. The van der Waals surface area contributed by atoms with Gasteiger partial charge in [-0.3, -0.25) is 0 Å². The smallest absolute Gasteiger partial charge is 0.117 e. The Kier molecular flexibility index (Phi) is 1.75. The summed E-state index contributed by atoms with van der Waals surface area (Å²) in [6, 6.07) is 0.625. The molecule has 1 N–H and O–H groups in total. The molecule has 0 bridgehead atoms. The highest BCUT2D eigenvalue weighted by molar-refractivity contribution is 4.83. The summed E-state index contributed by atoms with van der Waals surface area (Å²) in [6.45, 7) is 3.70. The Bertz CT molecular complexity index is 91.6. The number of rotatable bonds is 3. The van der Waals surface area contributed by atoms with Crippen LogP contribution in [-0.4, -0.2) is 18.3 Å². The number of hydrogen-bond acceptors (Lipinski definition) is 1. The largest absolute Gasteiger partial charge is 0.311 e. The molecule has 0 atom stereocenters. The minimum atomic E-state index is -1.04. The minimum Gasteiger partial charge on any atom is -0.311 e. The molecule has 1 saturated carbocycles. The van der Waals surface area contributed by atoms with E-state index >= 15 is 0 Å². The lowest BCUT2D eigenvalue weighted by Crippen LogP contribution is -2.32. The maximum absolute atomic E-state index is 12.7. The Hall–Kier alpha value is -0.110. The zero-order chi connectivity index (χ0) is 6.91. The molecule has 0 aromatic heterocycles. The lowest BCUT2D eigenvalue weighted by molar-refractivity contribution is 0.209. The summed E-state index contributed by atoms with van der Waals surface area (Å²) in [5.41, 5.74) is -1.04. The number of hydrogen-bond donors (Lipinski definition) is 1. The second-order valence-corrected chi connectivity index (χ2v) is 3.37. The fourth-order valence-corrected chi connectivity index (χ4v) is 0.674. The first-order valence-corrected chi connectivity index (χ1v) is 3.50. The Morgan fingerprint density at radius 1 is 1.56 bits per heavy atom. The quantitative estimate of drug-likeness (QED) is 0.612. The van der Waals surface area contributed by atoms with Gasteiger partial charge in [0, 0.05) is 12.6 Å². The van der Waals surface area contributed by atoms with Crippen LogP contribution in [0.2, 0.25) is 0 Å². The van der Waals surface area contributed by atoms with Crippen molar-refractivity contribution in [1.29, 1.82) is 0 Å². The van der Waals surface area contributed by atoms with Gasteiger partial charge in [0.05, 0.1) is 0 Å². The molecule has 0 spiro atoms. The normalized spacial score (nSPS) is 20.3. The van der Waals surface area contributed by atoms with Gasteiger partial charge < -0.3 is 5.32 Å². The predicted octanol–water partition coefficient (Wildman–Crippen LogP) is 1.49. The van der Waals surface area contributed by atoms with E-state index in [9.17, 15) is 4.39 Å². The molecule has 2 heteroatoms. The molecule has 1 nitrogen and oxygen atoms in total. The van der Waals surface area contributed by atoms with Gasteiger partial charge in [0.2, 0.25) is 0 Å². The first kappa shape index (κ1) is 7.00. The van der Waals surface area contributed by atoms with Crippen LogP contribution in [0.15, 0.2) is 0 Å². The van der Waals surface area contributed by atoms with Gasteiger partial charge in [-0.15, -0.1) is 0 Å². The monoisotopic (exact) mass is 131 g/mol. The van der Waals surface area contributed by atoms with Crippen molar-refractivity contribution < 1.29 is 4.39 Å². The number of halogens is 1. The first-order chi connectivity index (χ1) is 4.08. The average Bonchev–Trinajstić information content (AvgIpc) is 2.38. The van der Waals surface area contributed by atoms with Gasteiger partial charge in [-0.25, -0.2) is 4.39 Å². The standard InChI is InChI=1S/C7H14FN/c1-7(2,8)5-9-6-3-4-6/h6,9H,3-5H2,1-2H3. The maximum Gasteiger partial charge on any atom is 0.117 e. The molecule has 0 radical (unpaired) electrons. The number of alkyl halides is 1. The van der Waals surface area contributed by atoms with Crippen molar-refractivity contribution in [1.82, 2.24) is 5.32 Å². The Balaban J connectivity index is 2.03. The molecule has 1 fully saturated rings. The highest BCUT2D eigenvalue weighted by Gasteiger charge is 2.24. The third kappa shape index (κ3) is 3.46. The van der Waals surface area contributed by atoms with Gasteiger partial charge in [-0.2, -0.15) is 0 Å². The highest BCUT2D eigenvalue weighted by atomic mass is 19.1. The Labute approximate surface area is 55.6 Å². The van der Waals surface area contributed by atoms with E-state index in [0.717, 1.165) is 0 Å². The average molecular weight is 131 g/mol. The lowest BCUT2D eigenvalue weighted by atomic mass is 10.2. The molecule has 54 valence electrons. The summed E-state index contributed by atoms with van der Waals surface area (Å²) in [5, 5.41) is 3.12. The van der Waals surface area contributed by atoms with Crippen LogP contribution in [0.25, 0.3) is 0 Å². The van der Waals surface area contributed by atoms with Crippen LogP contribution in [0.3, 0.4) is 0 Å². The maximum atomic E-state index is 12.7. The van der Waals surface area contributed by atoms with Crippen LogP contribution in [0.1, 0.15) is 26.7 Å². The highest BCUT2D eigenvalue weighted by Crippen LogP contribution is 2.19. The SMILES string of the molecule is CC(C)(F)CNC1CC1. The van der Waals surface area contributed by atoms with E-state index in [-0.39, 0.29) is 0 Å².